The summed E-state index contributed by atoms with van der Waals surface area (Å²) in [4.78, 5) is 67.9. The summed E-state index contributed by atoms with van der Waals surface area (Å²) in [6.45, 7) is -0.558. The molecule has 0 aliphatic carbocycles. The summed E-state index contributed by atoms with van der Waals surface area (Å²) < 4.78 is 48.2. The van der Waals surface area contributed by atoms with Crippen molar-refractivity contribution >= 4 is 34.8 Å². The maximum Gasteiger partial charge on any atom is 0.382 e. The van der Waals surface area contributed by atoms with Gasteiger partial charge in [-0.25, -0.2) is 24.0 Å². The van der Waals surface area contributed by atoms with E-state index in [-0.39, 0.29) is 51.3 Å². The highest BCUT2D eigenvalue weighted by atomic mass is 16.7. The standard InChI is InChI=1S/C50H38O14/c51-40-41(57-29-31-16-6-1-7-17-31)37-27-26-36(28-38(37)60-49(40)56)59-50-44(64-48(55)35-24-14-5-15-25-35)43(63-47(54)34-22-12-4-13-23-34)42(62-46(53)33-20-10-3-11-21-33)39(61-50)30-58-45(52)32-18-8-2-9-19-32/h1-28,39,42-44,50-51H,29-30H2/t39-,42-,43+,44-,50-/m1/s1. The zero-order valence-corrected chi connectivity index (χ0v) is 33.7. The Hall–Kier alpha value is -8.23. The number of benzene rings is 6. The van der Waals surface area contributed by atoms with E-state index in [0.717, 1.165) is 5.56 Å². The number of hydrogen-bond acceptors (Lipinski definition) is 14. The van der Waals surface area contributed by atoms with Crippen molar-refractivity contribution in [1.82, 2.24) is 0 Å². The Morgan fingerprint density at radius 2 is 1.02 bits per heavy atom. The van der Waals surface area contributed by atoms with E-state index in [1.54, 1.807) is 84.9 Å². The van der Waals surface area contributed by atoms with E-state index >= 15 is 0 Å². The molecule has 0 amide bonds. The molecule has 1 aromatic heterocycles. The topological polar surface area (TPSA) is 183 Å². The molecule has 322 valence electrons. The molecule has 5 atom stereocenters. The summed E-state index contributed by atoms with van der Waals surface area (Å²) in [6, 6.07) is 45.3. The van der Waals surface area contributed by atoms with E-state index in [2.05, 4.69) is 0 Å². The minimum Gasteiger partial charge on any atom is -0.499 e. The van der Waals surface area contributed by atoms with Crippen molar-refractivity contribution in [3.8, 4) is 17.2 Å². The molecule has 1 aliphatic rings. The van der Waals surface area contributed by atoms with E-state index < -0.39 is 72.6 Å². The van der Waals surface area contributed by atoms with Gasteiger partial charge < -0.3 is 42.7 Å². The van der Waals surface area contributed by atoms with Gasteiger partial charge in [0.15, 0.2) is 18.0 Å². The van der Waals surface area contributed by atoms with Crippen LogP contribution in [0.2, 0.25) is 0 Å². The minimum absolute atomic E-state index is 0.0188. The number of ether oxygens (including phenoxy) is 7. The summed E-state index contributed by atoms with van der Waals surface area (Å²) in [5.74, 6) is -4.28. The molecule has 64 heavy (non-hydrogen) atoms. The summed E-state index contributed by atoms with van der Waals surface area (Å²) in [5.41, 5.74) is 0.177. The van der Waals surface area contributed by atoms with Crippen molar-refractivity contribution in [2.75, 3.05) is 6.61 Å². The van der Waals surface area contributed by atoms with Crippen LogP contribution in [0.5, 0.6) is 17.2 Å². The first-order valence-corrected chi connectivity index (χ1v) is 20.0. The Labute approximate surface area is 365 Å². The van der Waals surface area contributed by atoms with Crippen LogP contribution in [-0.4, -0.2) is 66.3 Å². The molecule has 0 bridgehead atoms. The first kappa shape index (κ1) is 42.5. The van der Waals surface area contributed by atoms with E-state index in [4.69, 9.17) is 37.6 Å². The molecule has 0 spiro atoms. The molecule has 8 rings (SSSR count). The minimum atomic E-state index is -1.69. The van der Waals surface area contributed by atoms with Gasteiger partial charge in [0.05, 0.1) is 27.6 Å². The van der Waals surface area contributed by atoms with Crippen molar-refractivity contribution in [1.29, 1.82) is 0 Å². The molecule has 2 heterocycles. The molecule has 14 heteroatoms. The number of carbonyl (C=O) groups is 4. The van der Waals surface area contributed by atoms with Gasteiger partial charge in [0.25, 0.3) is 0 Å². The number of rotatable bonds is 14. The summed E-state index contributed by atoms with van der Waals surface area (Å²) in [7, 11) is 0. The second-order valence-corrected chi connectivity index (χ2v) is 14.3. The lowest BCUT2D eigenvalue weighted by Gasteiger charge is -2.44. The van der Waals surface area contributed by atoms with Crippen LogP contribution >= 0.6 is 0 Å². The molecular weight excluding hydrogens is 825 g/mol. The van der Waals surface area contributed by atoms with Crippen molar-refractivity contribution in [3.05, 3.63) is 208 Å². The highest BCUT2D eigenvalue weighted by molar-refractivity contribution is 5.92. The maximum atomic E-state index is 14.0. The molecule has 0 unspecified atom stereocenters. The van der Waals surface area contributed by atoms with Crippen LogP contribution in [0.4, 0.5) is 0 Å². The number of hydrogen-bond donors (Lipinski definition) is 1. The number of fused-ring (bicyclic) bond motifs is 1. The first-order valence-electron chi connectivity index (χ1n) is 20.0. The van der Waals surface area contributed by atoms with Gasteiger partial charge in [-0.1, -0.05) is 103 Å². The summed E-state index contributed by atoms with van der Waals surface area (Å²) in [5, 5.41) is 10.9. The van der Waals surface area contributed by atoms with Gasteiger partial charge in [0.1, 0.15) is 30.7 Å². The SMILES string of the molecule is O=C(OC[C@H]1O[C@@H](Oc2ccc3c(OCc4ccccc4)c(O)c(=O)oc3c2)[C@H](OC(=O)c2ccccc2)[C@@H](OC(=O)c2ccccc2)[C@@H]1OC(=O)c1ccccc1)c1ccccc1. The Morgan fingerprint density at radius 3 is 1.55 bits per heavy atom. The highest BCUT2D eigenvalue weighted by Crippen LogP contribution is 2.37. The third-order valence-electron chi connectivity index (χ3n) is 10.0. The molecule has 0 saturated carbocycles. The molecule has 1 aliphatic heterocycles. The Kier molecular flexibility index (Phi) is 13.0. The van der Waals surface area contributed by atoms with Crippen molar-refractivity contribution in [3.63, 3.8) is 0 Å². The number of aromatic hydroxyl groups is 1. The van der Waals surface area contributed by atoms with Crippen molar-refractivity contribution < 1.29 is 61.9 Å². The molecule has 1 fully saturated rings. The van der Waals surface area contributed by atoms with Crippen LogP contribution in [0.25, 0.3) is 11.0 Å². The van der Waals surface area contributed by atoms with Crippen molar-refractivity contribution in [2.45, 2.75) is 37.3 Å². The molecule has 1 N–H and O–H groups in total. The van der Waals surface area contributed by atoms with Gasteiger partial charge in [-0.2, -0.15) is 0 Å². The molecule has 14 nitrogen and oxygen atoms in total. The van der Waals surface area contributed by atoms with Gasteiger partial charge in [-0.3, -0.25) is 0 Å². The predicted octanol–water partition coefficient (Wildman–Crippen LogP) is 7.72. The van der Waals surface area contributed by atoms with Crippen LogP contribution in [0.1, 0.15) is 47.0 Å². The molecule has 0 radical (unpaired) electrons. The first-order chi connectivity index (χ1) is 31.2. The number of carbonyl (C=O) groups excluding carboxylic acids is 4. The second kappa shape index (κ2) is 19.6. The zero-order chi connectivity index (χ0) is 44.4. The Morgan fingerprint density at radius 1 is 0.547 bits per heavy atom. The second-order valence-electron chi connectivity index (χ2n) is 14.3. The molecule has 7 aromatic rings. The van der Waals surface area contributed by atoms with Crippen LogP contribution in [0, 0.1) is 0 Å². The van der Waals surface area contributed by atoms with E-state index in [9.17, 15) is 29.1 Å². The van der Waals surface area contributed by atoms with Crippen LogP contribution in [-0.2, 0) is 30.3 Å². The lowest BCUT2D eigenvalue weighted by atomic mass is 9.97. The number of esters is 4. The molecular formula is C50H38O14. The van der Waals surface area contributed by atoms with Crippen LogP contribution < -0.4 is 15.1 Å². The third kappa shape index (κ3) is 9.93. The average molecular weight is 863 g/mol. The lowest BCUT2D eigenvalue weighted by Crippen LogP contribution is -2.63. The van der Waals surface area contributed by atoms with E-state index in [1.165, 1.54) is 54.6 Å². The largest absolute Gasteiger partial charge is 0.499 e. The van der Waals surface area contributed by atoms with Gasteiger partial charge in [-0.05, 0) is 66.2 Å². The normalized spacial score (nSPS) is 18.0. The fourth-order valence-electron chi connectivity index (χ4n) is 6.85. The van der Waals surface area contributed by atoms with E-state index in [0.29, 0.717) is 0 Å². The fraction of sp³-hybridized carbons (Fsp3) is 0.140. The lowest BCUT2D eigenvalue weighted by molar-refractivity contribution is -0.275. The quantitative estimate of drug-likeness (QED) is 0.0637. The Bertz CT molecular complexity index is 2780. The van der Waals surface area contributed by atoms with Gasteiger partial charge in [-0.15, -0.1) is 0 Å². The average Bonchev–Trinajstić information content (AvgIpc) is 3.34. The molecule has 6 aromatic carbocycles. The van der Waals surface area contributed by atoms with Crippen molar-refractivity contribution in [2.24, 2.45) is 0 Å². The third-order valence-corrected chi connectivity index (χ3v) is 10.0. The van der Waals surface area contributed by atoms with Crippen LogP contribution in [0.3, 0.4) is 0 Å². The summed E-state index contributed by atoms with van der Waals surface area (Å²) >= 11 is 0. The smallest absolute Gasteiger partial charge is 0.382 e. The summed E-state index contributed by atoms with van der Waals surface area (Å²) in [6.07, 6.45) is -8.09. The Balaban J connectivity index is 1.20. The molecule has 1 saturated heterocycles. The van der Waals surface area contributed by atoms with Crippen LogP contribution in [0.15, 0.2) is 179 Å². The predicted molar refractivity (Wildman–Crippen MR) is 228 cm³/mol. The van der Waals surface area contributed by atoms with Gasteiger partial charge >= 0.3 is 29.5 Å². The highest BCUT2D eigenvalue weighted by Gasteiger charge is 2.54. The van der Waals surface area contributed by atoms with Gasteiger partial charge in [0, 0.05) is 6.07 Å². The van der Waals surface area contributed by atoms with Gasteiger partial charge in [0.2, 0.25) is 18.1 Å². The maximum absolute atomic E-state index is 14.0. The zero-order valence-electron chi connectivity index (χ0n) is 33.7. The van der Waals surface area contributed by atoms with E-state index in [1.807, 2.05) is 30.3 Å². The fourth-order valence-corrected chi connectivity index (χ4v) is 6.85. The monoisotopic (exact) mass is 862 g/mol.